The number of nitrogens with one attached hydrogen (secondary N) is 2. The highest BCUT2D eigenvalue weighted by Gasteiger charge is 2.23. The fourth-order valence-corrected chi connectivity index (χ4v) is 2.81. The number of allylic oxidation sites excluding steroid dienone is 1. The van der Waals surface area contributed by atoms with Gasteiger partial charge in [-0.2, -0.15) is 0 Å². The van der Waals surface area contributed by atoms with E-state index in [1.165, 1.54) is 33.8 Å². The Labute approximate surface area is 179 Å². The SMILES string of the molecule is CCOC(=O)/C=C/CCC(NC(=O)c1cncn1C)C(=O)Nc1cccn(CC)c1=O. The van der Waals surface area contributed by atoms with E-state index in [0.717, 1.165) is 0 Å². The Morgan fingerprint density at radius 3 is 2.71 bits per heavy atom. The number of aryl methyl sites for hydroxylation is 2. The largest absolute Gasteiger partial charge is 0.463 e. The van der Waals surface area contributed by atoms with Gasteiger partial charge in [0.1, 0.15) is 17.4 Å². The van der Waals surface area contributed by atoms with E-state index in [0.29, 0.717) is 13.0 Å². The number of ether oxygens (including phenoxy) is 1. The number of esters is 1. The summed E-state index contributed by atoms with van der Waals surface area (Å²) in [5, 5.41) is 5.27. The van der Waals surface area contributed by atoms with Crippen LogP contribution < -0.4 is 16.2 Å². The van der Waals surface area contributed by atoms with Gasteiger partial charge in [0.2, 0.25) is 5.91 Å². The second-order valence-corrected chi connectivity index (χ2v) is 6.65. The Bertz CT molecular complexity index is 1010. The van der Waals surface area contributed by atoms with Crippen molar-refractivity contribution in [1.29, 1.82) is 0 Å². The van der Waals surface area contributed by atoms with Gasteiger partial charge in [-0.3, -0.25) is 14.4 Å². The third-order valence-corrected chi connectivity index (χ3v) is 4.45. The fourth-order valence-electron chi connectivity index (χ4n) is 2.81. The number of aromatic nitrogens is 3. The maximum absolute atomic E-state index is 12.9. The van der Waals surface area contributed by atoms with E-state index in [2.05, 4.69) is 15.6 Å². The molecule has 2 heterocycles. The average Bonchev–Trinajstić information content (AvgIpc) is 3.17. The minimum Gasteiger partial charge on any atom is -0.463 e. The summed E-state index contributed by atoms with van der Waals surface area (Å²) in [6, 6.07) is 2.22. The van der Waals surface area contributed by atoms with Gasteiger partial charge in [0.05, 0.1) is 19.1 Å². The molecule has 166 valence electrons. The summed E-state index contributed by atoms with van der Waals surface area (Å²) in [6.07, 6.45) is 7.88. The molecule has 2 aromatic rings. The van der Waals surface area contributed by atoms with Crippen molar-refractivity contribution in [1.82, 2.24) is 19.4 Å². The van der Waals surface area contributed by atoms with Crippen molar-refractivity contribution in [2.24, 2.45) is 7.05 Å². The van der Waals surface area contributed by atoms with E-state index in [1.54, 1.807) is 32.3 Å². The highest BCUT2D eigenvalue weighted by atomic mass is 16.5. The molecule has 0 saturated heterocycles. The molecule has 0 aliphatic carbocycles. The van der Waals surface area contributed by atoms with Gasteiger partial charge in [0.25, 0.3) is 11.5 Å². The Morgan fingerprint density at radius 1 is 1.29 bits per heavy atom. The van der Waals surface area contributed by atoms with E-state index < -0.39 is 23.8 Å². The summed E-state index contributed by atoms with van der Waals surface area (Å²) in [6.45, 7) is 4.25. The molecule has 10 nitrogen and oxygen atoms in total. The van der Waals surface area contributed by atoms with Crippen LogP contribution in [0.3, 0.4) is 0 Å². The number of carbonyl (C=O) groups excluding carboxylic acids is 3. The first-order chi connectivity index (χ1) is 14.9. The van der Waals surface area contributed by atoms with Gasteiger partial charge in [0, 0.05) is 25.9 Å². The number of rotatable bonds is 10. The molecule has 0 saturated carbocycles. The molecule has 2 amide bonds. The maximum atomic E-state index is 12.9. The van der Waals surface area contributed by atoms with Crippen LogP contribution in [0.2, 0.25) is 0 Å². The van der Waals surface area contributed by atoms with Crippen LogP contribution in [0.15, 0.2) is 47.8 Å². The molecule has 10 heteroatoms. The minimum absolute atomic E-state index is 0.121. The van der Waals surface area contributed by atoms with E-state index in [-0.39, 0.29) is 30.0 Å². The predicted molar refractivity (Wildman–Crippen MR) is 114 cm³/mol. The summed E-state index contributed by atoms with van der Waals surface area (Å²) in [4.78, 5) is 53.2. The van der Waals surface area contributed by atoms with Crippen molar-refractivity contribution in [2.75, 3.05) is 11.9 Å². The number of amides is 2. The van der Waals surface area contributed by atoms with Gasteiger partial charge >= 0.3 is 5.97 Å². The Hall–Kier alpha value is -3.69. The smallest absolute Gasteiger partial charge is 0.330 e. The summed E-state index contributed by atoms with van der Waals surface area (Å²) >= 11 is 0. The molecule has 2 rings (SSSR count). The van der Waals surface area contributed by atoms with Gasteiger partial charge in [-0.05, 0) is 38.8 Å². The van der Waals surface area contributed by atoms with Gasteiger partial charge in [-0.25, -0.2) is 9.78 Å². The number of carbonyl (C=O) groups is 3. The Morgan fingerprint density at radius 2 is 2.06 bits per heavy atom. The highest BCUT2D eigenvalue weighted by molar-refractivity contribution is 6.00. The second kappa shape index (κ2) is 11.5. The van der Waals surface area contributed by atoms with Crippen LogP contribution >= 0.6 is 0 Å². The van der Waals surface area contributed by atoms with Gasteiger partial charge in [0.15, 0.2) is 0 Å². The number of imidazole rings is 1. The highest BCUT2D eigenvalue weighted by Crippen LogP contribution is 2.07. The first-order valence-electron chi connectivity index (χ1n) is 9.98. The van der Waals surface area contributed by atoms with Crippen LogP contribution in [0.5, 0.6) is 0 Å². The van der Waals surface area contributed by atoms with Crippen molar-refractivity contribution in [2.45, 2.75) is 39.3 Å². The molecule has 1 unspecified atom stereocenters. The summed E-state index contributed by atoms with van der Waals surface area (Å²) in [7, 11) is 1.66. The molecule has 0 aliphatic heterocycles. The molecule has 0 aromatic carbocycles. The van der Waals surface area contributed by atoms with Crippen molar-refractivity contribution in [3.8, 4) is 0 Å². The first-order valence-corrected chi connectivity index (χ1v) is 9.98. The van der Waals surface area contributed by atoms with Crippen molar-refractivity contribution >= 4 is 23.5 Å². The van der Waals surface area contributed by atoms with Crippen molar-refractivity contribution in [3.05, 3.63) is 59.1 Å². The molecule has 2 N–H and O–H groups in total. The third-order valence-electron chi connectivity index (χ3n) is 4.45. The van der Waals surface area contributed by atoms with Crippen LogP contribution in [0.25, 0.3) is 0 Å². The molecule has 0 aliphatic rings. The quantitative estimate of drug-likeness (QED) is 0.433. The van der Waals surface area contributed by atoms with Gasteiger partial charge in [-0.1, -0.05) is 6.08 Å². The van der Waals surface area contributed by atoms with Crippen LogP contribution in [0, 0.1) is 0 Å². The third kappa shape index (κ3) is 6.66. The monoisotopic (exact) mass is 429 g/mol. The van der Waals surface area contributed by atoms with Crippen LogP contribution in [0.1, 0.15) is 37.2 Å². The van der Waals surface area contributed by atoms with E-state index in [4.69, 9.17) is 4.74 Å². The lowest BCUT2D eigenvalue weighted by molar-refractivity contribution is -0.137. The molecular formula is C21H27N5O5. The predicted octanol–water partition coefficient (Wildman–Crippen LogP) is 1.24. The fraction of sp³-hybridized carbons (Fsp3) is 0.381. The zero-order chi connectivity index (χ0) is 22.8. The zero-order valence-electron chi connectivity index (χ0n) is 17.8. The zero-order valence-corrected chi connectivity index (χ0v) is 17.8. The summed E-state index contributed by atoms with van der Waals surface area (Å²) in [5.41, 5.74) is 0.0707. The number of anilines is 1. The number of nitrogens with zero attached hydrogens (tertiary/aromatic N) is 3. The maximum Gasteiger partial charge on any atom is 0.330 e. The van der Waals surface area contributed by atoms with Crippen LogP contribution in [0.4, 0.5) is 5.69 Å². The average molecular weight is 429 g/mol. The standard InChI is InChI=1S/C21H27N5O5/c1-4-26-12-8-10-16(21(26)30)24-19(28)15(9-6-7-11-18(27)31-5-2)23-20(29)17-13-22-14-25(17)3/h7-8,10-15H,4-6,9H2,1-3H3,(H,23,29)(H,24,28)/b11-7+. The summed E-state index contributed by atoms with van der Waals surface area (Å²) in [5.74, 6) is -1.49. The van der Waals surface area contributed by atoms with Gasteiger partial charge in [-0.15, -0.1) is 0 Å². The number of hydrogen-bond acceptors (Lipinski definition) is 6. The Kier molecular flexibility index (Phi) is 8.74. The molecular weight excluding hydrogens is 402 g/mol. The van der Waals surface area contributed by atoms with Crippen molar-refractivity contribution in [3.63, 3.8) is 0 Å². The van der Waals surface area contributed by atoms with Gasteiger partial charge < -0.3 is 24.5 Å². The lowest BCUT2D eigenvalue weighted by atomic mass is 10.1. The molecule has 0 radical (unpaired) electrons. The van der Waals surface area contributed by atoms with E-state index in [1.807, 2.05) is 6.92 Å². The van der Waals surface area contributed by atoms with Crippen LogP contribution in [-0.2, 0) is 27.9 Å². The minimum atomic E-state index is -0.941. The molecule has 31 heavy (non-hydrogen) atoms. The molecule has 0 spiro atoms. The molecule has 0 bridgehead atoms. The molecule has 1 atom stereocenters. The lowest BCUT2D eigenvalue weighted by Gasteiger charge is -2.18. The van der Waals surface area contributed by atoms with E-state index >= 15 is 0 Å². The Balaban J connectivity index is 2.14. The van der Waals surface area contributed by atoms with Crippen molar-refractivity contribution < 1.29 is 19.1 Å². The molecule has 2 aromatic heterocycles. The number of pyridine rings is 1. The number of hydrogen-bond donors (Lipinski definition) is 2. The lowest BCUT2D eigenvalue weighted by Crippen LogP contribution is -2.45. The van der Waals surface area contributed by atoms with E-state index in [9.17, 15) is 19.2 Å². The summed E-state index contributed by atoms with van der Waals surface area (Å²) < 4.78 is 7.80. The normalized spacial score (nSPS) is 11.8. The second-order valence-electron chi connectivity index (χ2n) is 6.65. The molecule has 0 fully saturated rings. The first kappa shape index (κ1) is 23.6. The topological polar surface area (TPSA) is 124 Å². The van der Waals surface area contributed by atoms with Crippen LogP contribution in [-0.4, -0.2) is 44.6 Å².